The summed E-state index contributed by atoms with van der Waals surface area (Å²) in [6.45, 7) is 0. The lowest BCUT2D eigenvalue weighted by Crippen LogP contribution is -1.89. The van der Waals surface area contributed by atoms with Crippen molar-refractivity contribution in [2.24, 2.45) is 0 Å². The zero-order valence-corrected chi connectivity index (χ0v) is 17.1. The molecule has 2 aromatic heterocycles. The molecule has 32 heavy (non-hydrogen) atoms. The Labute approximate surface area is 184 Å². The van der Waals surface area contributed by atoms with Crippen molar-refractivity contribution < 1.29 is 0 Å². The number of hydrogen-bond donors (Lipinski definition) is 0. The number of nitrogens with zero attached hydrogens (tertiary/aromatic N) is 2. The highest BCUT2D eigenvalue weighted by Gasteiger charge is 2.10. The highest BCUT2D eigenvalue weighted by Crippen LogP contribution is 2.35. The molecule has 0 unspecified atom stereocenters. The van der Waals surface area contributed by atoms with Gasteiger partial charge in [0.1, 0.15) is 0 Å². The first-order valence-electron chi connectivity index (χ1n) is 10.7. The molecular weight excluding hydrogens is 388 g/mol. The van der Waals surface area contributed by atoms with Gasteiger partial charge in [0.25, 0.3) is 0 Å². The first-order chi connectivity index (χ1) is 15.9. The molecule has 0 amide bonds. The highest BCUT2D eigenvalue weighted by atomic mass is 14.7. The molecule has 0 aliphatic carbocycles. The van der Waals surface area contributed by atoms with E-state index in [4.69, 9.17) is 0 Å². The van der Waals surface area contributed by atoms with E-state index in [1.54, 1.807) is 0 Å². The van der Waals surface area contributed by atoms with Gasteiger partial charge in [-0.15, -0.1) is 0 Å². The molecule has 0 aliphatic rings. The van der Waals surface area contributed by atoms with Crippen molar-refractivity contribution in [1.29, 1.82) is 0 Å². The van der Waals surface area contributed by atoms with Crippen LogP contribution in [-0.4, -0.2) is 9.97 Å². The molecule has 0 bridgehead atoms. The summed E-state index contributed by atoms with van der Waals surface area (Å²) >= 11 is 0. The topological polar surface area (TPSA) is 25.8 Å². The van der Waals surface area contributed by atoms with Crippen molar-refractivity contribution in [2.45, 2.75) is 0 Å². The molecule has 0 atom stereocenters. The van der Waals surface area contributed by atoms with Gasteiger partial charge in [-0.25, -0.2) is 0 Å². The average molecular weight is 404 g/mol. The number of pyridine rings is 2. The lowest BCUT2D eigenvalue weighted by Gasteiger charge is -2.11. The van der Waals surface area contributed by atoms with E-state index in [-0.39, 0.29) is 0 Å². The second-order valence-electron chi connectivity index (χ2n) is 8.12. The lowest BCUT2D eigenvalue weighted by molar-refractivity contribution is 1.37. The molecule has 0 N–H and O–H groups in total. The van der Waals surface area contributed by atoms with E-state index in [0.29, 0.717) is 0 Å². The Hall–Kier alpha value is -4.48. The summed E-state index contributed by atoms with van der Waals surface area (Å²) < 4.78 is 0. The second-order valence-corrected chi connectivity index (χ2v) is 8.12. The van der Waals surface area contributed by atoms with Gasteiger partial charge in [0.05, 0.1) is 11.0 Å². The first-order valence-corrected chi connectivity index (χ1v) is 10.7. The van der Waals surface area contributed by atoms with Crippen LogP contribution >= 0.6 is 0 Å². The fourth-order valence-electron chi connectivity index (χ4n) is 4.86. The van der Waals surface area contributed by atoms with Gasteiger partial charge in [-0.2, -0.15) is 0 Å². The molecule has 0 spiro atoms. The van der Waals surface area contributed by atoms with Crippen LogP contribution in [0.3, 0.4) is 0 Å². The largest absolute Gasteiger partial charge is 0.254 e. The summed E-state index contributed by atoms with van der Waals surface area (Å²) in [5, 5.41) is 9.68. The molecule has 5 aromatic carbocycles. The van der Waals surface area contributed by atoms with E-state index in [9.17, 15) is 0 Å². The quantitative estimate of drug-likeness (QED) is 0.199. The third-order valence-corrected chi connectivity index (χ3v) is 6.32. The predicted octanol–water partition coefficient (Wildman–Crippen LogP) is 7.08. The van der Waals surface area contributed by atoms with E-state index >= 15 is 0 Å². The van der Waals surface area contributed by atoms with Crippen molar-refractivity contribution in [3.05, 3.63) is 108 Å². The van der Waals surface area contributed by atoms with Gasteiger partial charge in [0, 0.05) is 34.3 Å². The monoisotopic (exact) mass is 404 g/mol. The van der Waals surface area contributed by atoms with E-state index in [0.717, 1.165) is 32.9 Å². The number of aromatic nitrogens is 2. The molecule has 146 valence electrons. The van der Waals surface area contributed by atoms with Crippen LogP contribution in [0.1, 0.15) is 11.1 Å². The van der Waals surface area contributed by atoms with Crippen molar-refractivity contribution >= 4 is 54.1 Å². The third kappa shape index (κ3) is 2.43. The number of rotatable bonds is 0. The minimum atomic E-state index is 0.894. The molecule has 0 aliphatic heterocycles. The summed E-state index contributed by atoms with van der Waals surface area (Å²) in [5.74, 6) is 6.93. The molecule has 0 saturated carbocycles. The van der Waals surface area contributed by atoms with Crippen LogP contribution in [0.2, 0.25) is 0 Å². The van der Waals surface area contributed by atoms with E-state index < -0.39 is 0 Å². The molecule has 2 nitrogen and oxygen atoms in total. The average Bonchev–Trinajstić information content (AvgIpc) is 2.86. The summed E-state index contributed by atoms with van der Waals surface area (Å²) in [5.41, 5.74) is 3.82. The van der Waals surface area contributed by atoms with Crippen LogP contribution in [-0.2, 0) is 0 Å². The fraction of sp³-hybridized carbons (Fsp3) is 0. The predicted molar refractivity (Wildman–Crippen MR) is 133 cm³/mol. The minimum Gasteiger partial charge on any atom is -0.254 e. The van der Waals surface area contributed by atoms with Crippen LogP contribution in [0.15, 0.2) is 97.3 Å². The number of fused-ring (bicyclic) bond motifs is 3. The van der Waals surface area contributed by atoms with Crippen molar-refractivity contribution in [1.82, 2.24) is 9.97 Å². The Morgan fingerprint density at radius 3 is 2.00 bits per heavy atom. The van der Waals surface area contributed by atoms with Crippen molar-refractivity contribution in [3.8, 4) is 11.8 Å². The van der Waals surface area contributed by atoms with Crippen LogP contribution in [0.5, 0.6) is 0 Å². The number of benzene rings is 5. The molecule has 2 heteroatoms. The van der Waals surface area contributed by atoms with Gasteiger partial charge in [0.2, 0.25) is 0 Å². The summed E-state index contributed by atoms with van der Waals surface area (Å²) in [7, 11) is 0. The van der Waals surface area contributed by atoms with Crippen molar-refractivity contribution in [3.63, 3.8) is 0 Å². The van der Waals surface area contributed by atoms with Gasteiger partial charge in [-0.05, 0) is 62.6 Å². The Kier molecular flexibility index (Phi) is 3.50. The Morgan fingerprint density at radius 1 is 0.469 bits per heavy atom. The lowest BCUT2D eigenvalue weighted by atomic mass is 9.92. The molecule has 0 fully saturated rings. The minimum absolute atomic E-state index is 0.894. The number of hydrogen-bond acceptors (Lipinski definition) is 2. The van der Waals surface area contributed by atoms with Crippen LogP contribution in [0.25, 0.3) is 54.1 Å². The summed E-state index contributed by atoms with van der Waals surface area (Å²) in [4.78, 5) is 9.15. The summed E-state index contributed by atoms with van der Waals surface area (Å²) in [6, 6.07) is 29.8. The highest BCUT2D eigenvalue weighted by molar-refractivity contribution is 6.23. The first kappa shape index (κ1) is 17.2. The van der Waals surface area contributed by atoms with Gasteiger partial charge in [-0.1, -0.05) is 66.4 Å². The van der Waals surface area contributed by atoms with E-state index in [1.807, 2.05) is 24.5 Å². The summed E-state index contributed by atoms with van der Waals surface area (Å²) in [6.07, 6.45) is 3.63. The zero-order valence-electron chi connectivity index (χ0n) is 17.1. The maximum absolute atomic E-state index is 4.60. The van der Waals surface area contributed by atoms with Crippen LogP contribution in [0.4, 0.5) is 0 Å². The van der Waals surface area contributed by atoms with E-state index in [1.165, 1.54) is 32.3 Å². The molecule has 7 rings (SSSR count). The second kappa shape index (κ2) is 6.51. The van der Waals surface area contributed by atoms with Crippen molar-refractivity contribution in [2.75, 3.05) is 0 Å². The molecule has 2 heterocycles. The van der Waals surface area contributed by atoms with Gasteiger partial charge < -0.3 is 0 Å². The third-order valence-electron chi connectivity index (χ3n) is 6.32. The maximum atomic E-state index is 4.60. The zero-order chi connectivity index (χ0) is 21.1. The van der Waals surface area contributed by atoms with Gasteiger partial charge in [0.15, 0.2) is 0 Å². The fourth-order valence-corrected chi connectivity index (χ4v) is 4.86. The molecule has 0 radical (unpaired) electrons. The van der Waals surface area contributed by atoms with Crippen LogP contribution < -0.4 is 0 Å². The Balaban J connectivity index is 1.51. The van der Waals surface area contributed by atoms with E-state index in [2.05, 4.69) is 94.6 Å². The van der Waals surface area contributed by atoms with Crippen LogP contribution in [0, 0.1) is 11.8 Å². The van der Waals surface area contributed by atoms with Gasteiger partial charge >= 0.3 is 0 Å². The Morgan fingerprint density at radius 2 is 1.12 bits per heavy atom. The molecule has 0 saturated heterocycles. The maximum Gasteiger partial charge on any atom is 0.0977 e. The molecule has 7 aromatic rings. The smallest absolute Gasteiger partial charge is 0.0977 e. The normalized spacial score (nSPS) is 11.5. The Bertz CT molecular complexity index is 1870. The van der Waals surface area contributed by atoms with Gasteiger partial charge in [-0.3, -0.25) is 9.97 Å². The SMILES string of the molecule is C(#Cc1ccc2ccc3cccc4ccc1c2c34)c1cc2cccnc2c2ncccc12. The standard InChI is InChI=1S/C30H16N2/c1-4-20-11-12-22-10-8-19(25-15-14-21(5-1)27(20)28(22)25)9-13-23-18-24-6-2-16-31-29(24)30-26(23)7-3-17-32-30/h1-8,10-12,14-18H. The molecular formula is C30H16N2.